The minimum absolute atomic E-state index is 0.0404. The molecule has 1 aromatic heterocycles. The monoisotopic (exact) mass is 273 g/mol. The molecule has 19 heavy (non-hydrogen) atoms. The van der Waals surface area contributed by atoms with Gasteiger partial charge in [0, 0.05) is 17.5 Å². The van der Waals surface area contributed by atoms with Gasteiger partial charge in [-0.05, 0) is 36.2 Å². The van der Waals surface area contributed by atoms with Gasteiger partial charge in [-0.2, -0.15) is 0 Å². The standard InChI is InChI=1S/C14H15N3OS/c18-14(16-7-13-8-19-9-17-13)11-2-1-10-3-4-15-6-12(10)5-11/h1-2,5,8-9,15H,3-4,6-7H2,(H,16,18). The van der Waals surface area contributed by atoms with Crippen LogP contribution >= 0.6 is 11.3 Å². The van der Waals surface area contributed by atoms with E-state index in [0.29, 0.717) is 6.54 Å². The molecule has 0 aliphatic carbocycles. The second kappa shape index (κ2) is 5.50. The summed E-state index contributed by atoms with van der Waals surface area (Å²) < 4.78 is 0. The van der Waals surface area contributed by atoms with Crippen LogP contribution in [0.15, 0.2) is 29.1 Å². The second-order valence-electron chi connectivity index (χ2n) is 4.57. The van der Waals surface area contributed by atoms with Crippen LogP contribution in [0.25, 0.3) is 0 Å². The topological polar surface area (TPSA) is 54.0 Å². The van der Waals surface area contributed by atoms with E-state index in [1.165, 1.54) is 22.5 Å². The number of nitrogens with one attached hydrogen (secondary N) is 2. The van der Waals surface area contributed by atoms with Crippen LogP contribution in [0.2, 0.25) is 0 Å². The van der Waals surface area contributed by atoms with E-state index in [9.17, 15) is 4.79 Å². The van der Waals surface area contributed by atoms with Gasteiger partial charge in [0.1, 0.15) is 0 Å². The van der Waals surface area contributed by atoms with Crippen molar-refractivity contribution in [2.24, 2.45) is 0 Å². The molecule has 98 valence electrons. The van der Waals surface area contributed by atoms with Crippen LogP contribution in [0, 0.1) is 0 Å². The van der Waals surface area contributed by atoms with Crippen molar-refractivity contribution in [2.75, 3.05) is 6.54 Å². The summed E-state index contributed by atoms with van der Waals surface area (Å²) in [7, 11) is 0. The van der Waals surface area contributed by atoms with E-state index in [1.54, 1.807) is 5.51 Å². The van der Waals surface area contributed by atoms with Crippen molar-refractivity contribution in [3.05, 3.63) is 51.5 Å². The van der Waals surface area contributed by atoms with Gasteiger partial charge < -0.3 is 10.6 Å². The smallest absolute Gasteiger partial charge is 0.251 e. The zero-order chi connectivity index (χ0) is 13.1. The van der Waals surface area contributed by atoms with Gasteiger partial charge in [0.2, 0.25) is 0 Å². The summed E-state index contributed by atoms with van der Waals surface area (Å²) in [5.74, 6) is -0.0404. The molecule has 1 aliphatic heterocycles. The Morgan fingerprint density at radius 1 is 1.42 bits per heavy atom. The Balaban J connectivity index is 1.69. The summed E-state index contributed by atoms with van der Waals surface area (Å²) >= 11 is 1.53. The van der Waals surface area contributed by atoms with E-state index in [0.717, 1.165) is 30.8 Å². The number of amides is 1. The minimum Gasteiger partial charge on any atom is -0.346 e. The average Bonchev–Trinajstić information content (AvgIpc) is 2.97. The lowest BCUT2D eigenvalue weighted by molar-refractivity contribution is 0.0950. The number of rotatable bonds is 3. The fourth-order valence-electron chi connectivity index (χ4n) is 2.22. The molecule has 0 fully saturated rings. The highest BCUT2D eigenvalue weighted by molar-refractivity contribution is 7.07. The molecule has 0 unspecified atom stereocenters. The zero-order valence-electron chi connectivity index (χ0n) is 10.5. The second-order valence-corrected chi connectivity index (χ2v) is 5.29. The van der Waals surface area contributed by atoms with E-state index < -0.39 is 0 Å². The fraction of sp³-hybridized carbons (Fsp3) is 0.286. The van der Waals surface area contributed by atoms with Gasteiger partial charge in [0.15, 0.2) is 0 Å². The molecule has 5 heteroatoms. The third-order valence-electron chi connectivity index (χ3n) is 3.27. The largest absolute Gasteiger partial charge is 0.346 e. The maximum Gasteiger partial charge on any atom is 0.251 e. The molecule has 0 spiro atoms. The van der Waals surface area contributed by atoms with Crippen molar-refractivity contribution < 1.29 is 4.79 Å². The van der Waals surface area contributed by atoms with Gasteiger partial charge >= 0.3 is 0 Å². The maximum atomic E-state index is 12.1. The van der Waals surface area contributed by atoms with E-state index >= 15 is 0 Å². The lowest BCUT2D eigenvalue weighted by atomic mass is 9.98. The lowest BCUT2D eigenvalue weighted by Gasteiger charge is -2.17. The highest BCUT2D eigenvalue weighted by atomic mass is 32.1. The molecule has 2 heterocycles. The molecule has 3 rings (SSSR count). The molecule has 0 atom stereocenters. The van der Waals surface area contributed by atoms with Crippen LogP contribution in [0.3, 0.4) is 0 Å². The van der Waals surface area contributed by atoms with Crippen molar-refractivity contribution in [3.63, 3.8) is 0 Å². The number of thiazole rings is 1. The summed E-state index contributed by atoms with van der Waals surface area (Å²) in [6.45, 7) is 2.35. The predicted octanol–water partition coefficient (Wildman–Crippen LogP) is 1.72. The predicted molar refractivity (Wildman–Crippen MR) is 75.1 cm³/mol. The first-order valence-electron chi connectivity index (χ1n) is 6.31. The number of aromatic nitrogens is 1. The van der Waals surface area contributed by atoms with E-state index in [4.69, 9.17) is 0 Å². The van der Waals surface area contributed by atoms with Gasteiger partial charge in [-0.15, -0.1) is 11.3 Å². The van der Waals surface area contributed by atoms with Crippen molar-refractivity contribution in [1.82, 2.24) is 15.6 Å². The normalized spacial score (nSPS) is 13.9. The Morgan fingerprint density at radius 3 is 3.21 bits per heavy atom. The number of hydrogen-bond donors (Lipinski definition) is 2. The highest BCUT2D eigenvalue weighted by Crippen LogP contribution is 2.16. The van der Waals surface area contributed by atoms with Crippen LogP contribution in [-0.2, 0) is 19.5 Å². The zero-order valence-corrected chi connectivity index (χ0v) is 11.3. The van der Waals surface area contributed by atoms with Crippen LogP contribution in [-0.4, -0.2) is 17.4 Å². The highest BCUT2D eigenvalue weighted by Gasteiger charge is 2.12. The third-order valence-corrected chi connectivity index (χ3v) is 3.90. The van der Waals surface area contributed by atoms with Crippen molar-refractivity contribution in [1.29, 1.82) is 0 Å². The molecule has 1 amide bonds. The number of fused-ring (bicyclic) bond motifs is 1. The summed E-state index contributed by atoms with van der Waals surface area (Å²) in [5, 5.41) is 8.16. The minimum atomic E-state index is -0.0404. The summed E-state index contributed by atoms with van der Waals surface area (Å²) in [4.78, 5) is 16.2. The number of carbonyl (C=O) groups is 1. The van der Waals surface area contributed by atoms with Crippen molar-refractivity contribution >= 4 is 17.2 Å². The Hall–Kier alpha value is -1.72. The first-order chi connectivity index (χ1) is 9.33. The Labute approximate surface area is 115 Å². The van der Waals surface area contributed by atoms with Crippen LogP contribution in [0.5, 0.6) is 0 Å². The summed E-state index contributed by atoms with van der Waals surface area (Å²) in [5.41, 5.74) is 5.96. The maximum absolute atomic E-state index is 12.1. The van der Waals surface area contributed by atoms with Gasteiger partial charge in [-0.25, -0.2) is 4.98 Å². The quantitative estimate of drug-likeness (QED) is 0.895. The molecule has 2 N–H and O–H groups in total. The van der Waals surface area contributed by atoms with Crippen molar-refractivity contribution in [2.45, 2.75) is 19.5 Å². The number of hydrogen-bond acceptors (Lipinski definition) is 4. The molecule has 0 saturated carbocycles. The Morgan fingerprint density at radius 2 is 2.37 bits per heavy atom. The summed E-state index contributed by atoms with van der Waals surface area (Å²) in [6.07, 6.45) is 1.04. The number of carbonyl (C=O) groups excluding carboxylic acids is 1. The fourth-order valence-corrected chi connectivity index (χ4v) is 2.78. The lowest BCUT2D eigenvalue weighted by Crippen LogP contribution is -2.26. The first-order valence-corrected chi connectivity index (χ1v) is 7.25. The summed E-state index contributed by atoms with van der Waals surface area (Å²) in [6, 6.07) is 5.95. The van der Waals surface area contributed by atoms with E-state index in [-0.39, 0.29) is 5.91 Å². The van der Waals surface area contributed by atoms with Gasteiger partial charge in [-0.1, -0.05) is 6.07 Å². The van der Waals surface area contributed by atoms with Crippen LogP contribution < -0.4 is 10.6 Å². The average molecular weight is 273 g/mol. The SMILES string of the molecule is O=C(NCc1cscn1)c1ccc2c(c1)CNCC2. The van der Waals surface area contributed by atoms with Crippen LogP contribution in [0.1, 0.15) is 27.2 Å². The molecule has 0 bridgehead atoms. The Kier molecular flexibility index (Phi) is 3.57. The van der Waals surface area contributed by atoms with Gasteiger partial charge in [-0.3, -0.25) is 4.79 Å². The molecule has 1 aliphatic rings. The van der Waals surface area contributed by atoms with Crippen LogP contribution in [0.4, 0.5) is 0 Å². The number of nitrogens with zero attached hydrogens (tertiary/aromatic N) is 1. The molecular weight excluding hydrogens is 258 g/mol. The van der Waals surface area contributed by atoms with Gasteiger partial charge in [0.25, 0.3) is 5.91 Å². The molecule has 2 aromatic rings. The number of benzene rings is 1. The molecular formula is C14H15N3OS. The van der Waals surface area contributed by atoms with E-state index in [2.05, 4.69) is 21.7 Å². The molecule has 0 saturated heterocycles. The first kappa shape index (κ1) is 12.3. The van der Waals surface area contributed by atoms with Gasteiger partial charge in [0.05, 0.1) is 17.7 Å². The third kappa shape index (κ3) is 2.83. The Bertz CT molecular complexity index is 580. The molecule has 0 radical (unpaired) electrons. The van der Waals surface area contributed by atoms with Crippen molar-refractivity contribution in [3.8, 4) is 0 Å². The molecule has 4 nitrogen and oxygen atoms in total. The van der Waals surface area contributed by atoms with E-state index in [1.807, 2.05) is 17.5 Å². The molecule has 1 aromatic carbocycles.